The first-order chi connectivity index (χ1) is 8.62. The summed E-state index contributed by atoms with van der Waals surface area (Å²) in [6.45, 7) is 0.740. The average molecular weight is 357 g/mol. The summed E-state index contributed by atoms with van der Waals surface area (Å²) in [6.07, 6.45) is -2.69. The van der Waals surface area contributed by atoms with Crippen LogP contribution in [0.1, 0.15) is 15.9 Å². The predicted octanol–water partition coefficient (Wildman–Crippen LogP) is 1.40. The molecule has 0 spiro atoms. The molecule has 5 nitrogen and oxygen atoms in total. The third-order valence-electron chi connectivity index (χ3n) is 2.31. The zero-order chi connectivity index (χ0) is 14.8. The number of benzene rings is 1. The lowest BCUT2D eigenvalue weighted by Gasteiger charge is -2.10. The van der Waals surface area contributed by atoms with Gasteiger partial charge in [-0.15, -0.1) is 0 Å². The van der Waals surface area contributed by atoms with E-state index in [1.54, 1.807) is 6.92 Å². The fourth-order valence-electron chi connectivity index (χ4n) is 1.32. The zero-order valence-corrected chi connectivity index (χ0v) is 12.2. The van der Waals surface area contributed by atoms with E-state index in [4.69, 9.17) is 5.14 Å². The van der Waals surface area contributed by atoms with E-state index in [9.17, 15) is 22.0 Å². The lowest BCUT2D eigenvalue weighted by atomic mass is 10.1. The smallest absolute Gasteiger partial charge is 0.255 e. The molecular formula is C10H11BrF2N2O3S. The van der Waals surface area contributed by atoms with Crippen LogP contribution in [0.25, 0.3) is 0 Å². The molecule has 0 fully saturated rings. The summed E-state index contributed by atoms with van der Waals surface area (Å²) in [6, 6.07) is 2.30. The van der Waals surface area contributed by atoms with Crippen LogP contribution in [0, 0.1) is 6.92 Å². The van der Waals surface area contributed by atoms with Gasteiger partial charge in [-0.05, 0) is 24.6 Å². The minimum absolute atomic E-state index is 0.0287. The van der Waals surface area contributed by atoms with Gasteiger partial charge in [-0.25, -0.2) is 22.3 Å². The molecule has 0 bridgehead atoms. The number of carbonyl (C=O) groups excluding carboxylic acids is 1. The van der Waals surface area contributed by atoms with E-state index < -0.39 is 28.9 Å². The highest BCUT2D eigenvalue weighted by Gasteiger charge is 2.18. The summed E-state index contributed by atoms with van der Waals surface area (Å²) in [5.74, 6) is -0.788. The summed E-state index contributed by atoms with van der Waals surface area (Å²) in [5, 5.41) is 6.97. The Hall–Kier alpha value is -1.06. The van der Waals surface area contributed by atoms with Gasteiger partial charge >= 0.3 is 0 Å². The number of nitrogens with two attached hydrogens (primary N) is 1. The molecule has 106 valence electrons. The first kappa shape index (κ1) is 16.0. The van der Waals surface area contributed by atoms with E-state index in [1.807, 2.05) is 5.32 Å². The van der Waals surface area contributed by atoms with Crippen molar-refractivity contribution in [2.24, 2.45) is 5.14 Å². The van der Waals surface area contributed by atoms with Crippen LogP contribution >= 0.6 is 15.9 Å². The van der Waals surface area contributed by atoms with Crippen LogP contribution in [0.5, 0.6) is 0 Å². The first-order valence-electron chi connectivity index (χ1n) is 5.02. The molecule has 0 aliphatic heterocycles. The third kappa shape index (κ3) is 4.22. The molecule has 0 unspecified atom stereocenters. The molecule has 9 heteroatoms. The molecule has 0 saturated carbocycles. The van der Waals surface area contributed by atoms with Gasteiger partial charge in [-0.3, -0.25) is 4.79 Å². The van der Waals surface area contributed by atoms with Crippen LogP contribution in [0.2, 0.25) is 0 Å². The minimum atomic E-state index is -3.99. The number of halogens is 3. The normalized spacial score (nSPS) is 11.7. The molecule has 0 radical (unpaired) electrons. The third-order valence-corrected chi connectivity index (χ3v) is 4.02. The molecule has 1 rings (SSSR count). The quantitative estimate of drug-likeness (QED) is 0.854. The SMILES string of the molecule is Cc1c(Br)cc(S(N)(=O)=O)cc1C(=O)NCC(F)F. The molecule has 0 atom stereocenters. The maximum absolute atomic E-state index is 12.0. The number of alkyl halides is 2. The van der Waals surface area contributed by atoms with E-state index >= 15 is 0 Å². The van der Waals surface area contributed by atoms with Crippen LogP contribution in [-0.2, 0) is 10.0 Å². The summed E-state index contributed by atoms with van der Waals surface area (Å²) < 4.78 is 46.9. The Balaban J connectivity index is 3.20. The van der Waals surface area contributed by atoms with E-state index in [0.717, 1.165) is 6.07 Å². The van der Waals surface area contributed by atoms with E-state index in [2.05, 4.69) is 15.9 Å². The van der Waals surface area contributed by atoms with Crippen molar-refractivity contribution in [3.05, 3.63) is 27.7 Å². The number of sulfonamides is 1. The summed E-state index contributed by atoms with van der Waals surface area (Å²) in [5.41, 5.74) is 0.401. The molecular weight excluding hydrogens is 346 g/mol. The van der Waals surface area contributed by atoms with Crippen LogP contribution in [-0.4, -0.2) is 27.3 Å². The Morgan fingerprint density at radius 3 is 2.53 bits per heavy atom. The van der Waals surface area contributed by atoms with Gasteiger partial charge in [0, 0.05) is 10.0 Å². The highest BCUT2D eigenvalue weighted by atomic mass is 79.9. The monoisotopic (exact) mass is 356 g/mol. The maximum atomic E-state index is 12.0. The molecule has 0 heterocycles. The summed E-state index contributed by atoms with van der Waals surface area (Å²) in [7, 11) is -3.99. The van der Waals surface area contributed by atoms with Gasteiger partial charge in [-0.2, -0.15) is 0 Å². The largest absolute Gasteiger partial charge is 0.346 e. The van der Waals surface area contributed by atoms with Crippen molar-refractivity contribution in [3.63, 3.8) is 0 Å². The van der Waals surface area contributed by atoms with Crippen LogP contribution in [0.15, 0.2) is 21.5 Å². The predicted molar refractivity (Wildman–Crippen MR) is 68.6 cm³/mol. The van der Waals surface area contributed by atoms with Crippen molar-refractivity contribution >= 4 is 31.9 Å². The fourth-order valence-corrected chi connectivity index (χ4v) is 2.50. The summed E-state index contributed by atoms with van der Waals surface area (Å²) in [4.78, 5) is 11.4. The van der Waals surface area contributed by atoms with Crippen LogP contribution < -0.4 is 10.5 Å². The Labute approximate surface area is 117 Å². The maximum Gasteiger partial charge on any atom is 0.255 e. The molecule has 0 aliphatic carbocycles. The number of primary sulfonamides is 1. The van der Waals surface area contributed by atoms with Gasteiger partial charge in [-0.1, -0.05) is 15.9 Å². The minimum Gasteiger partial charge on any atom is -0.346 e. The van der Waals surface area contributed by atoms with Crippen molar-refractivity contribution in [2.45, 2.75) is 18.2 Å². The fraction of sp³-hybridized carbons (Fsp3) is 0.300. The van der Waals surface area contributed by atoms with Gasteiger partial charge in [0.2, 0.25) is 10.0 Å². The second-order valence-electron chi connectivity index (χ2n) is 3.72. The molecule has 3 N–H and O–H groups in total. The zero-order valence-electron chi connectivity index (χ0n) is 9.78. The number of carbonyl (C=O) groups is 1. The molecule has 1 amide bonds. The molecule has 19 heavy (non-hydrogen) atoms. The number of hydrogen-bond donors (Lipinski definition) is 2. The summed E-state index contributed by atoms with van der Waals surface area (Å²) >= 11 is 3.09. The second-order valence-corrected chi connectivity index (χ2v) is 6.14. The standard InChI is InChI=1S/C10H11BrF2N2O3S/c1-5-7(10(16)15-4-9(12)13)2-6(3-8(5)11)19(14,17)18/h2-3,9H,4H2,1H3,(H,15,16)(H2,14,17,18). The van der Waals surface area contributed by atoms with Crippen molar-refractivity contribution in [3.8, 4) is 0 Å². The lowest BCUT2D eigenvalue weighted by molar-refractivity contribution is 0.0891. The lowest BCUT2D eigenvalue weighted by Crippen LogP contribution is -2.29. The molecule has 0 saturated heterocycles. The Kier molecular flexibility index (Phi) is 4.99. The first-order valence-corrected chi connectivity index (χ1v) is 7.36. The molecule has 1 aromatic rings. The molecule has 1 aromatic carbocycles. The van der Waals surface area contributed by atoms with Crippen molar-refractivity contribution in [1.29, 1.82) is 0 Å². The van der Waals surface area contributed by atoms with Crippen molar-refractivity contribution in [2.75, 3.05) is 6.54 Å². The van der Waals surface area contributed by atoms with E-state index in [-0.39, 0.29) is 10.5 Å². The Morgan fingerprint density at radius 2 is 2.05 bits per heavy atom. The van der Waals surface area contributed by atoms with Crippen molar-refractivity contribution < 1.29 is 22.0 Å². The van der Waals surface area contributed by atoms with Gasteiger partial charge in [0.05, 0.1) is 11.4 Å². The van der Waals surface area contributed by atoms with Crippen molar-refractivity contribution in [1.82, 2.24) is 5.32 Å². The highest BCUT2D eigenvalue weighted by molar-refractivity contribution is 9.10. The van der Waals surface area contributed by atoms with Gasteiger partial charge in [0.1, 0.15) is 0 Å². The van der Waals surface area contributed by atoms with Gasteiger partial charge < -0.3 is 5.32 Å². The van der Waals surface area contributed by atoms with Gasteiger partial charge in [0.25, 0.3) is 12.3 Å². The average Bonchev–Trinajstić information content (AvgIpc) is 2.27. The second kappa shape index (κ2) is 5.93. The number of nitrogens with one attached hydrogen (secondary N) is 1. The molecule has 0 aromatic heterocycles. The van der Waals surface area contributed by atoms with Crippen LogP contribution in [0.4, 0.5) is 8.78 Å². The van der Waals surface area contributed by atoms with Crippen LogP contribution in [0.3, 0.4) is 0 Å². The van der Waals surface area contributed by atoms with Gasteiger partial charge in [0.15, 0.2) is 0 Å². The number of rotatable bonds is 4. The Morgan fingerprint density at radius 1 is 1.47 bits per heavy atom. The number of hydrogen-bond acceptors (Lipinski definition) is 3. The molecule has 0 aliphatic rings. The van der Waals surface area contributed by atoms with E-state index in [1.165, 1.54) is 6.07 Å². The Bertz CT molecular complexity index is 605. The van der Waals surface area contributed by atoms with E-state index in [0.29, 0.717) is 10.0 Å². The number of amides is 1. The topological polar surface area (TPSA) is 89.3 Å². The highest BCUT2D eigenvalue weighted by Crippen LogP contribution is 2.24.